The molecule has 0 aliphatic heterocycles. The van der Waals surface area contributed by atoms with Crippen molar-refractivity contribution in [1.29, 1.82) is 0 Å². The van der Waals surface area contributed by atoms with Gasteiger partial charge in [-0.3, -0.25) is 4.79 Å². The van der Waals surface area contributed by atoms with E-state index in [1.54, 1.807) is 20.8 Å². The van der Waals surface area contributed by atoms with E-state index >= 15 is 0 Å². The third-order valence-corrected chi connectivity index (χ3v) is 3.25. The van der Waals surface area contributed by atoms with Crippen LogP contribution in [0.4, 0.5) is 4.79 Å². The van der Waals surface area contributed by atoms with Gasteiger partial charge in [0.2, 0.25) is 0 Å². The molecule has 0 aromatic carbocycles. The van der Waals surface area contributed by atoms with Gasteiger partial charge in [0.1, 0.15) is 17.3 Å². The first kappa shape index (κ1) is 14.5. The first-order valence-corrected chi connectivity index (χ1v) is 6.33. The molecule has 1 aliphatic carbocycles. The molecule has 2 N–H and O–H groups in total. The predicted molar refractivity (Wildman–Crippen MR) is 68.4 cm³/mol. The number of aliphatic carboxylic acids is 1. The van der Waals surface area contributed by atoms with E-state index in [1.807, 2.05) is 0 Å². The fraction of sp³-hybridized carbons (Fsp3) is 0.615. The molecule has 7 nitrogen and oxygen atoms in total. The van der Waals surface area contributed by atoms with Crippen molar-refractivity contribution in [3.05, 3.63) is 18.2 Å². The zero-order valence-corrected chi connectivity index (χ0v) is 11.7. The Morgan fingerprint density at radius 3 is 2.50 bits per heavy atom. The molecule has 1 heterocycles. The fourth-order valence-corrected chi connectivity index (χ4v) is 2.22. The summed E-state index contributed by atoms with van der Waals surface area (Å²) in [4.78, 5) is 27.2. The average molecular weight is 282 g/mol. The number of imidazole rings is 1. The lowest BCUT2D eigenvalue weighted by Gasteiger charge is -2.40. The maximum Gasteiger partial charge on any atom is 0.419 e. The summed E-state index contributed by atoms with van der Waals surface area (Å²) in [7, 11) is 0. The van der Waals surface area contributed by atoms with E-state index in [-0.39, 0.29) is 18.5 Å². The van der Waals surface area contributed by atoms with Gasteiger partial charge in [-0.2, -0.15) is 0 Å². The third kappa shape index (κ3) is 2.53. The molecule has 20 heavy (non-hydrogen) atoms. The topological polar surface area (TPSA) is 102 Å². The van der Waals surface area contributed by atoms with Crippen molar-refractivity contribution in [3.63, 3.8) is 0 Å². The summed E-state index contributed by atoms with van der Waals surface area (Å²) in [6, 6.07) is 0. The van der Waals surface area contributed by atoms with Gasteiger partial charge >= 0.3 is 12.1 Å². The van der Waals surface area contributed by atoms with E-state index in [4.69, 9.17) is 4.74 Å². The van der Waals surface area contributed by atoms with Crippen LogP contribution in [0.2, 0.25) is 0 Å². The van der Waals surface area contributed by atoms with Crippen molar-refractivity contribution in [2.24, 2.45) is 0 Å². The average Bonchev–Trinajstić information content (AvgIpc) is 2.70. The minimum atomic E-state index is -1.20. The van der Waals surface area contributed by atoms with Crippen LogP contribution in [0.3, 0.4) is 0 Å². The second kappa shape index (κ2) is 4.59. The number of carbonyl (C=O) groups excluding carboxylic acids is 1. The van der Waals surface area contributed by atoms with Crippen LogP contribution < -0.4 is 0 Å². The van der Waals surface area contributed by atoms with Crippen LogP contribution in [0.25, 0.3) is 0 Å². The molecule has 0 spiro atoms. The molecule has 7 heteroatoms. The molecule has 0 unspecified atom stereocenters. The van der Waals surface area contributed by atoms with E-state index < -0.39 is 29.2 Å². The Kier molecular flexibility index (Phi) is 3.33. The molecule has 110 valence electrons. The number of hydrogen-bond acceptors (Lipinski definition) is 5. The van der Waals surface area contributed by atoms with Gasteiger partial charge in [-0.1, -0.05) is 0 Å². The Morgan fingerprint density at radius 2 is 2.05 bits per heavy atom. The van der Waals surface area contributed by atoms with Crippen LogP contribution >= 0.6 is 0 Å². The quantitative estimate of drug-likeness (QED) is 0.843. The predicted octanol–water partition coefficient (Wildman–Crippen LogP) is 1.14. The molecule has 1 aromatic rings. The molecule has 1 fully saturated rings. The number of carboxylic acid groups (broad SMARTS) is 1. The van der Waals surface area contributed by atoms with E-state index in [2.05, 4.69) is 4.98 Å². The molecule has 0 atom stereocenters. The highest BCUT2D eigenvalue weighted by molar-refractivity contribution is 5.82. The Labute approximate surface area is 116 Å². The lowest BCUT2D eigenvalue weighted by Crippen LogP contribution is -2.50. The summed E-state index contributed by atoms with van der Waals surface area (Å²) in [6.07, 6.45) is 1.54. The van der Waals surface area contributed by atoms with Crippen molar-refractivity contribution in [1.82, 2.24) is 9.55 Å². The second-order valence-corrected chi connectivity index (χ2v) is 6.10. The van der Waals surface area contributed by atoms with E-state index in [0.717, 1.165) is 4.57 Å². The Bertz CT molecular complexity index is 537. The summed E-state index contributed by atoms with van der Waals surface area (Å²) in [6.45, 7) is 5.22. The molecule has 1 aromatic heterocycles. The van der Waals surface area contributed by atoms with Crippen molar-refractivity contribution >= 4 is 12.1 Å². The normalized spacial score (nSPS) is 25.9. The van der Waals surface area contributed by atoms with Gasteiger partial charge in [-0.15, -0.1) is 0 Å². The first-order chi connectivity index (χ1) is 9.14. The maximum atomic E-state index is 11.8. The number of aromatic nitrogens is 2. The smallest absolute Gasteiger partial charge is 0.419 e. The molecule has 2 rings (SSSR count). The minimum Gasteiger partial charge on any atom is -0.481 e. The van der Waals surface area contributed by atoms with Crippen molar-refractivity contribution in [2.75, 3.05) is 0 Å². The second-order valence-electron chi connectivity index (χ2n) is 6.10. The third-order valence-electron chi connectivity index (χ3n) is 3.25. The molecular formula is C13H18N2O5. The van der Waals surface area contributed by atoms with Crippen molar-refractivity contribution in [2.45, 2.75) is 50.7 Å². The molecule has 1 aliphatic rings. The fourth-order valence-electron chi connectivity index (χ4n) is 2.22. The lowest BCUT2D eigenvalue weighted by molar-refractivity contribution is -0.153. The number of aliphatic hydroxyl groups excluding tert-OH is 1. The van der Waals surface area contributed by atoms with Crippen molar-refractivity contribution in [3.8, 4) is 0 Å². The maximum absolute atomic E-state index is 11.8. The number of nitrogens with zero attached hydrogens (tertiary/aromatic N) is 2. The van der Waals surface area contributed by atoms with E-state index in [1.165, 1.54) is 12.5 Å². The molecule has 0 amide bonds. The SMILES string of the molecule is CC(C)(C)OC(=O)n1cnc(C2(C(=O)O)CC(O)C2)c1. The van der Waals surface area contributed by atoms with Gasteiger partial charge in [0.25, 0.3) is 0 Å². The van der Waals surface area contributed by atoms with Crippen LogP contribution in [0.5, 0.6) is 0 Å². The zero-order chi connectivity index (χ0) is 15.1. The van der Waals surface area contributed by atoms with Gasteiger partial charge in [0.05, 0.1) is 11.8 Å². The largest absolute Gasteiger partial charge is 0.481 e. The number of rotatable bonds is 2. The standard InChI is InChI=1S/C13H18N2O5/c1-12(2,3)20-11(19)15-6-9(14-7-15)13(10(17)18)4-8(16)5-13/h6-8,16H,4-5H2,1-3H3,(H,17,18). The highest BCUT2D eigenvalue weighted by Gasteiger charge is 2.53. The molecule has 0 radical (unpaired) electrons. The number of ether oxygens (including phenoxy) is 1. The van der Waals surface area contributed by atoms with Crippen LogP contribution in [0.15, 0.2) is 12.5 Å². The highest BCUT2D eigenvalue weighted by Crippen LogP contribution is 2.43. The summed E-state index contributed by atoms with van der Waals surface area (Å²) in [5.74, 6) is -1.04. The van der Waals surface area contributed by atoms with Crippen LogP contribution in [-0.2, 0) is 14.9 Å². The van der Waals surface area contributed by atoms with Gasteiger partial charge in [-0.25, -0.2) is 14.3 Å². The number of carbonyl (C=O) groups is 2. The Morgan fingerprint density at radius 1 is 1.45 bits per heavy atom. The molecule has 0 bridgehead atoms. The number of aliphatic hydroxyl groups is 1. The minimum absolute atomic E-state index is 0.105. The first-order valence-electron chi connectivity index (χ1n) is 6.33. The van der Waals surface area contributed by atoms with Crippen molar-refractivity contribution < 1.29 is 24.5 Å². The zero-order valence-electron chi connectivity index (χ0n) is 11.7. The van der Waals surface area contributed by atoms with E-state index in [0.29, 0.717) is 0 Å². The van der Waals surface area contributed by atoms with Gasteiger partial charge in [-0.05, 0) is 33.6 Å². The number of carboxylic acids is 1. The molecule has 1 saturated carbocycles. The highest BCUT2D eigenvalue weighted by atomic mass is 16.6. The lowest BCUT2D eigenvalue weighted by atomic mass is 9.65. The summed E-state index contributed by atoms with van der Waals surface area (Å²) >= 11 is 0. The summed E-state index contributed by atoms with van der Waals surface area (Å²) in [5, 5.41) is 18.7. The molecule has 0 saturated heterocycles. The van der Waals surface area contributed by atoms with Crippen LogP contribution in [0.1, 0.15) is 39.3 Å². The van der Waals surface area contributed by atoms with Gasteiger partial charge < -0.3 is 14.9 Å². The van der Waals surface area contributed by atoms with E-state index in [9.17, 15) is 19.8 Å². The number of hydrogen-bond donors (Lipinski definition) is 2. The monoisotopic (exact) mass is 282 g/mol. The van der Waals surface area contributed by atoms with Gasteiger partial charge in [0.15, 0.2) is 0 Å². The molecular weight excluding hydrogens is 264 g/mol. The van der Waals surface area contributed by atoms with Crippen LogP contribution in [-0.4, -0.2) is 43.5 Å². The summed E-state index contributed by atoms with van der Waals surface area (Å²) < 4.78 is 6.29. The Hall–Kier alpha value is -1.89. The van der Waals surface area contributed by atoms with Gasteiger partial charge in [0, 0.05) is 6.20 Å². The van der Waals surface area contributed by atoms with Crippen LogP contribution in [0, 0.1) is 0 Å². The Balaban J connectivity index is 2.21. The summed E-state index contributed by atoms with van der Waals surface area (Å²) in [5.41, 5.74) is -1.58.